The third-order valence-electron chi connectivity index (χ3n) is 4.23. The molecule has 1 aliphatic heterocycles. The standard InChI is InChI=1S/C18H20O/c1-13-9-16-17(10-14(13)2)19-12-18(16,3)11-15-7-5-4-6-8-15/h4-10H,11-12H2,1-3H3/t18-/m1/s1. The fraction of sp³-hybridized carbons (Fsp3) is 0.333. The molecule has 0 aromatic heterocycles. The fourth-order valence-corrected chi connectivity index (χ4v) is 2.89. The summed E-state index contributed by atoms with van der Waals surface area (Å²) >= 11 is 0. The number of benzene rings is 2. The Hall–Kier alpha value is -1.76. The highest BCUT2D eigenvalue weighted by atomic mass is 16.5. The predicted molar refractivity (Wildman–Crippen MR) is 78.9 cm³/mol. The molecule has 0 saturated heterocycles. The van der Waals surface area contributed by atoms with E-state index in [9.17, 15) is 0 Å². The molecule has 0 fully saturated rings. The molecule has 1 nitrogen and oxygen atoms in total. The lowest BCUT2D eigenvalue weighted by Crippen LogP contribution is -2.26. The Labute approximate surface area is 115 Å². The first kappa shape index (κ1) is 12.3. The van der Waals surface area contributed by atoms with Crippen LogP contribution in [0.2, 0.25) is 0 Å². The average Bonchev–Trinajstić information content (AvgIpc) is 2.69. The number of ether oxygens (including phenoxy) is 1. The van der Waals surface area contributed by atoms with Crippen LogP contribution in [0.25, 0.3) is 0 Å². The fourth-order valence-electron chi connectivity index (χ4n) is 2.89. The molecule has 0 N–H and O–H groups in total. The van der Waals surface area contributed by atoms with Crippen LogP contribution in [-0.2, 0) is 11.8 Å². The summed E-state index contributed by atoms with van der Waals surface area (Å²) in [5.74, 6) is 1.07. The van der Waals surface area contributed by atoms with E-state index >= 15 is 0 Å². The van der Waals surface area contributed by atoms with E-state index in [1.54, 1.807) is 0 Å². The van der Waals surface area contributed by atoms with Crippen LogP contribution < -0.4 is 4.74 Å². The molecule has 0 unspecified atom stereocenters. The second-order valence-electron chi connectivity index (χ2n) is 5.94. The van der Waals surface area contributed by atoms with Crippen LogP contribution >= 0.6 is 0 Å². The van der Waals surface area contributed by atoms with Gasteiger partial charge in [-0.1, -0.05) is 43.3 Å². The summed E-state index contributed by atoms with van der Waals surface area (Å²) in [6.07, 6.45) is 1.03. The van der Waals surface area contributed by atoms with Crippen LogP contribution in [-0.4, -0.2) is 6.61 Å². The van der Waals surface area contributed by atoms with Gasteiger partial charge in [-0.25, -0.2) is 0 Å². The lowest BCUT2D eigenvalue weighted by molar-refractivity contribution is 0.277. The van der Waals surface area contributed by atoms with Gasteiger partial charge in [-0.3, -0.25) is 0 Å². The zero-order chi connectivity index (χ0) is 13.5. The average molecular weight is 252 g/mol. The zero-order valence-corrected chi connectivity index (χ0v) is 11.9. The van der Waals surface area contributed by atoms with Crippen molar-refractivity contribution in [1.29, 1.82) is 0 Å². The first-order chi connectivity index (χ1) is 9.08. The maximum atomic E-state index is 5.92. The van der Waals surface area contributed by atoms with Crippen molar-refractivity contribution in [2.24, 2.45) is 0 Å². The molecule has 0 aliphatic carbocycles. The van der Waals surface area contributed by atoms with Crippen LogP contribution in [0.15, 0.2) is 42.5 Å². The van der Waals surface area contributed by atoms with Gasteiger partial charge in [0.05, 0.1) is 6.61 Å². The van der Waals surface area contributed by atoms with Gasteiger partial charge in [0.2, 0.25) is 0 Å². The Balaban J connectivity index is 1.98. The summed E-state index contributed by atoms with van der Waals surface area (Å²) in [7, 11) is 0. The minimum Gasteiger partial charge on any atom is -0.492 e. The van der Waals surface area contributed by atoms with E-state index in [2.05, 4.69) is 63.2 Å². The van der Waals surface area contributed by atoms with Crippen LogP contribution in [0.1, 0.15) is 29.2 Å². The van der Waals surface area contributed by atoms with E-state index in [-0.39, 0.29) is 5.41 Å². The maximum Gasteiger partial charge on any atom is 0.123 e. The molecule has 19 heavy (non-hydrogen) atoms. The van der Waals surface area contributed by atoms with Gasteiger partial charge in [-0.2, -0.15) is 0 Å². The molecule has 1 heterocycles. The maximum absolute atomic E-state index is 5.92. The van der Waals surface area contributed by atoms with E-state index in [0.29, 0.717) is 0 Å². The summed E-state index contributed by atoms with van der Waals surface area (Å²) in [6, 6.07) is 15.2. The minimum absolute atomic E-state index is 0.0924. The molecular weight excluding hydrogens is 232 g/mol. The van der Waals surface area contributed by atoms with Crippen molar-refractivity contribution in [2.45, 2.75) is 32.6 Å². The predicted octanol–water partition coefficient (Wildman–Crippen LogP) is 4.20. The van der Waals surface area contributed by atoms with Crippen LogP contribution in [0.3, 0.4) is 0 Å². The van der Waals surface area contributed by atoms with Gasteiger partial charge >= 0.3 is 0 Å². The Morgan fingerprint density at radius 2 is 1.74 bits per heavy atom. The van der Waals surface area contributed by atoms with Gasteiger partial charge in [-0.15, -0.1) is 0 Å². The Morgan fingerprint density at radius 3 is 2.47 bits per heavy atom. The molecule has 3 rings (SSSR count). The molecule has 1 aliphatic rings. The summed E-state index contributed by atoms with van der Waals surface area (Å²) in [5, 5.41) is 0. The topological polar surface area (TPSA) is 9.23 Å². The van der Waals surface area contributed by atoms with Crippen molar-refractivity contribution in [1.82, 2.24) is 0 Å². The molecule has 0 saturated carbocycles. The van der Waals surface area contributed by atoms with Gasteiger partial charge in [0, 0.05) is 11.0 Å². The molecule has 0 spiro atoms. The molecule has 0 bridgehead atoms. The Kier molecular flexibility index (Phi) is 2.85. The highest BCUT2D eigenvalue weighted by Crippen LogP contribution is 2.42. The van der Waals surface area contributed by atoms with Gasteiger partial charge < -0.3 is 4.74 Å². The monoisotopic (exact) mass is 252 g/mol. The van der Waals surface area contributed by atoms with E-state index in [0.717, 1.165) is 18.8 Å². The molecule has 0 amide bonds. The lowest BCUT2D eigenvalue weighted by atomic mass is 9.78. The molecular formula is C18H20O. The Morgan fingerprint density at radius 1 is 1.05 bits per heavy atom. The van der Waals surface area contributed by atoms with Crippen molar-refractivity contribution >= 4 is 0 Å². The van der Waals surface area contributed by atoms with Crippen LogP contribution in [0.4, 0.5) is 0 Å². The largest absolute Gasteiger partial charge is 0.492 e. The summed E-state index contributed by atoms with van der Waals surface area (Å²) in [5.41, 5.74) is 5.49. The number of aryl methyl sites for hydroxylation is 2. The SMILES string of the molecule is Cc1cc2c(cc1C)[C@](C)(Cc1ccccc1)CO2. The van der Waals surface area contributed by atoms with Crippen molar-refractivity contribution in [3.8, 4) is 5.75 Å². The van der Waals surface area contributed by atoms with Gasteiger partial charge in [0.15, 0.2) is 0 Å². The second-order valence-corrected chi connectivity index (χ2v) is 5.94. The number of hydrogen-bond donors (Lipinski definition) is 0. The Bertz CT molecular complexity index is 601. The van der Waals surface area contributed by atoms with E-state index < -0.39 is 0 Å². The molecule has 98 valence electrons. The van der Waals surface area contributed by atoms with Gasteiger partial charge in [0.25, 0.3) is 0 Å². The zero-order valence-electron chi connectivity index (χ0n) is 11.9. The van der Waals surface area contributed by atoms with Crippen LogP contribution in [0, 0.1) is 13.8 Å². The van der Waals surface area contributed by atoms with Crippen molar-refractivity contribution in [3.05, 3.63) is 64.7 Å². The number of rotatable bonds is 2. The van der Waals surface area contributed by atoms with Gasteiger partial charge in [0.1, 0.15) is 5.75 Å². The molecule has 1 atom stereocenters. The first-order valence-corrected chi connectivity index (χ1v) is 6.87. The summed E-state index contributed by atoms with van der Waals surface area (Å²) in [4.78, 5) is 0. The number of hydrogen-bond acceptors (Lipinski definition) is 1. The highest BCUT2D eigenvalue weighted by molar-refractivity contribution is 5.49. The summed E-state index contributed by atoms with van der Waals surface area (Å²) < 4.78 is 5.92. The highest BCUT2D eigenvalue weighted by Gasteiger charge is 2.36. The molecule has 1 heteroatoms. The van der Waals surface area contributed by atoms with E-state index in [1.807, 2.05) is 0 Å². The first-order valence-electron chi connectivity index (χ1n) is 6.87. The van der Waals surface area contributed by atoms with Crippen molar-refractivity contribution in [3.63, 3.8) is 0 Å². The normalized spacial score (nSPS) is 21.0. The third-order valence-corrected chi connectivity index (χ3v) is 4.23. The molecule has 2 aromatic rings. The second kappa shape index (κ2) is 4.41. The van der Waals surface area contributed by atoms with Crippen molar-refractivity contribution < 1.29 is 4.74 Å². The number of fused-ring (bicyclic) bond motifs is 1. The van der Waals surface area contributed by atoms with Gasteiger partial charge in [-0.05, 0) is 43.0 Å². The minimum atomic E-state index is 0.0924. The van der Waals surface area contributed by atoms with Crippen LogP contribution in [0.5, 0.6) is 5.75 Å². The quantitative estimate of drug-likeness (QED) is 0.778. The molecule has 2 aromatic carbocycles. The molecule has 0 radical (unpaired) electrons. The smallest absolute Gasteiger partial charge is 0.123 e. The van der Waals surface area contributed by atoms with E-state index in [4.69, 9.17) is 4.74 Å². The summed E-state index contributed by atoms with van der Waals surface area (Å²) in [6.45, 7) is 7.41. The lowest BCUT2D eigenvalue weighted by Gasteiger charge is -2.23. The van der Waals surface area contributed by atoms with Crippen molar-refractivity contribution in [2.75, 3.05) is 6.61 Å². The third kappa shape index (κ3) is 2.14. The van der Waals surface area contributed by atoms with E-state index in [1.165, 1.54) is 22.3 Å².